The fraction of sp³-hybridized carbons (Fsp3) is 0.417. The van der Waals surface area contributed by atoms with Gasteiger partial charge in [0, 0.05) is 13.6 Å². The average molecular weight is 252 g/mol. The lowest BCUT2D eigenvalue weighted by atomic mass is 10.2. The number of amides is 2. The molecule has 0 saturated heterocycles. The Hall–Kier alpha value is -1.79. The van der Waals surface area contributed by atoms with Crippen LogP contribution in [0.4, 0.5) is 10.5 Å². The number of hydrogen-bond donors (Lipinski definition) is 4. The molecule has 0 spiro atoms. The highest BCUT2D eigenvalue weighted by molar-refractivity contribution is 5.90. The molecule has 100 valence electrons. The predicted octanol–water partition coefficient (Wildman–Crippen LogP) is 0.624. The van der Waals surface area contributed by atoms with Crippen molar-refractivity contribution >= 4 is 11.7 Å². The van der Waals surface area contributed by atoms with Gasteiger partial charge in [0.2, 0.25) is 0 Å². The molecule has 0 aliphatic rings. The quantitative estimate of drug-likeness (QED) is 0.557. The molecule has 6 nitrogen and oxygen atoms in total. The zero-order chi connectivity index (χ0) is 13.4. The normalized spacial score (nSPS) is 9.94. The number of anilines is 1. The molecule has 0 saturated carbocycles. The molecule has 0 aromatic heterocycles. The largest absolute Gasteiger partial charge is 0.491 e. The Morgan fingerprint density at radius 2 is 2.17 bits per heavy atom. The van der Waals surface area contributed by atoms with Crippen LogP contribution in [-0.4, -0.2) is 26.2 Å². The molecule has 1 aromatic rings. The van der Waals surface area contributed by atoms with E-state index in [1.54, 1.807) is 19.2 Å². The highest BCUT2D eigenvalue weighted by Gasteiger charge is 2.07. The van der Waals surface area contributed by atoms with E-state index in [4.69, 9.17) is 16.2 Å². The third-order valence-corrected chi connectivity index (χ3v) is 2.36. The van der Waals surface area contributed by atoms with Gasteiger partial charge in [-0.25, -0.2) is 4.79 Å². The number of rotatable bonds is 6. The number of hydrogen-bond acceptors (Lipinski definition) is 4. The Balaban J connectivity index is 2.82. The standard InChI is InChI=1S/C12H20N4O2/c1-15-12(17)16-10-7-9(8-14)3-4-11(10)18-6-2-5-13/h3-4,7H,2,5-6,8,13-14H2,1H3,(H2,15,16,17). The molecule has 0 bridgehead atoms. The highest BCUT2D eigenvalue weighted by Crippen LogP contribution is 2.25. The lowest BCUT2D eigenvalue weighted by Gasteiger charge is -2.13. The summed E-state index contributed by atoms with van der Waals surface area (Å²) in [5, 5.41) is 5.19. The maximum absolute atomic E-state index is 11.3. The van der Waals surface area contributed by atoms with Crippen LogP contribution in [0.3, 0.4) is 0 Å². The van der Waals surface area contributed by atoms with E-state index in [0.29, 0.717) is 31.1 Å². The van der Waals surface area contributed by atoms with E-state index in [1.165, 1.54) is 0 Å². The molecule has 1 aromatic carbocycles. The van der Waals surface area contributed by atoms with Crippen molar-refractivity contribution in [2.24, 2.45) is 11.5 Å². The van der Waals surface area contributed by atoms with Gasteiger partial charge < -0.3 is 26.8 Å². The van der Waals surface area contributed by atoms with Crippen LogP contribution in [-0.2, 0) is 6.54 Å². The van der Waals surface area contributed by atoms with Crippen molar-refractivity contribution < 1.29 is 9.53 Å². The summed E-state index contributed by atoms with van der Waals surface area (Å²) >= 11 is 0. The van der Waals surface area contributed by atoms with Gasteiger partial charge in [-0.3, -0.25) is 0 Å². The first-order valence-corrected chi connectivity index (χ1v) is 5.86. The molecular formula is C12H20N4O2. The molecule has 0 atom stereocenters. The van der Waals surface area contributed by atoms with Crippen LogP contribution in [0.5, 0.6) is 5.75 Å². The number of nitrogens with one attached hydrogen (secondary N) is 2. The van der Waals surface area contributed by atoms with Gasteiger partial charge in [-0.05, 0) is 30.7 Å². The Morgan fingerprint density at radius 1 is 1.39 bits per heavy atom. The second kappa shape index (κ2) is 7.52. The number of nitrogens with two attached hydrogens (primary N) is 2. The Kier molecular flexibility index (Phi) is 5.96. The highest BCUT2D eigenvalue weighted by atomic mass is 16.5. The number of ether oxygens (including phenoxy) is 1. The average Bonchev–Trinajstić information content (AvgIpc) is 2.40. The summed E-state index contributed by atoms with van der Waals surface area (Å²) in [6.45, 7) is 1.49. The Labute approximate surface area is 107 Å². The number of carbonyl (C=O) groups is 1. The summed E-state index contributed by atoms with van der Waals surface area (Å²) in [7, 11) is 1.55. The fourth-order valence-electron chi connectivity index (χ4n) is 1.38. The van der Waals surface area contributed by atoms with Crippen molar-refractivity contribution in [3.8, 4) is 5.75 Å². The van der Waals surface area contributed by atoms with Crippen molar-refractivity contribution in [2.45, 2.75) is 13.0 Å². The maximum atomic E-state index is 11.3. The number of benzene rings is 1. The Bertz CT molecular complexity index is 396. The predicted molar refractivity (Wildman–Crippen MR) is 71.6 cm³/mol. The molecule has 0 fully saturated rings. The topological polar surface area (TPSA) is 102 Å². The first-order chi connectivity index (χ1) is 8.71. The smallest absolute Gasteiger partial charge is 0.319 e. The zero-order valence-electron chi connectivity index (χ0n) is 10.5. The second-order valence-electron chi connectivity index (χ2n) is 3.73. The van der Waals surface area contributed by atoms with E-state index in [-0.39, 0.29) is 6.03 Å². The molecule has 0 aliphatic heterocycles. The van der Waals surface area contributed by atoms with Gasteiger partial charge in [-0.1, -0.05) is 6.07 Å². The first kappa shape index (κ1) is 14.3. The molecule has 0 unspecified atom stereocenters. The molecule has 0 aliphatic carbocycles. The van der Waals surface area contributed by atoms with E-state index in [9.17, 15) is 4.79 Å². The van der Waals surface area contributed by atoms with Gasteiger partial charge >= 0.3 is 6.03 Å². The number of carbonyl (C=O) groups excluding carboxylic acids is 1. The summed E-state index contributed by atoms with van der Waals surface area (Å²) in [6, 6.07) is 5.16. The first-order valence-electron chi connectivity index (χ1n) is 5.86. The molecule has 0 radical (unpaired) electrons. The van der Waals surface area contributed by atoms with Gasteiger partial charge in [0.1, 0.15) is 5.75 Å². The number of urea groups is 1. The van der Waals surface area contributed by atoms with Crippen molar-refractivity contribution in [2.75, 3.05) is 25.5 Å². The van der Waals surface area contributed by atoms with Gasteiger partial charge in [-0.15, -0.1) is 0 Å². The van der Waals surface area contributed by atoms with Crippen LogP contribution in [0.1, 0.15) is 12.0 Å². The molecular weight excluding hydrogens is 232 g/mol. The third kappa shape index (κ3) is 4.23. The summed E-state index contributed by atoms with van der Waals surface area (Å²) in [5.41, 5.74) is 12.5. The van der Waals surface area contributed by atoms with E-state index >= 15 is 0 Å². The van der Waals surface area contributed by atoms with Crippen LogP contribution in [0, 0.1) is 0 Å². The minimum absolute atomic E-state index is 0.298. The molecule has 0 heterocycles. The van der Waals surface area contributed by atoms with Gasteiger partial charge in [-0.2, -0.15) is 0 Å². The second-order valence-corrected chi connectivity index (χ2v) is 3.73. The summed E-state index contributed by atoms with van der Waals surface area (Å²) in [5.74, 6) is 0.615. The Morgan fingerprint density at radius 3 is 2.78 bits per heavy atom. The van der Waals surface area contributed by atoms with E-state index in [2.05, 4.69) is 10.6 Å². The fourth-order valence-corrected chi connectivity index (χ4v) is 1.38. The molecule has 2 amide bonds. The van der Waals surface area contributed by atoms with Crippen LogP contribution in [0.15, 0.2) is 18.2 Å². The third-order valence-electron chi connectivity index (χ3n) is 2.36. The van der Waals surface area contributed by atoms with Gasteiger partial charge in [0.25, 0.3) is 0 Å². The lowest BCUT2D eigenvalue weighted by molar-refractivity contribution is 0.253. The maximum Gasteiger partial charge on any atom is 0.319 e. The van der Waals surface area contributed by atoms with Gasteiger partial charge in [0.15, 0.2) is 0 Å². The van der Waals surface area contributed by atoms with E-state index in [0.717, 1.165) is 12.0 Å². The molecule has 6 N–H and O–H groups in total. The minimum Gasteiger partial charge on any atom is -0.491 e. The van der Waals surface area contributed by atoms with Crippen molar-refractivity contribution in [1.29, 1.82) is 0 Å². The van der Waals surface area contributed by atoms with Crippen LogP contribution >= 0.6 is 0 Å². The summed E-state index contributed by atoms with van der Waals surface area (Å²) < 4.78 is 5.56. The van der Waals surface area contributed by atoms with E-state index in [1.807, 2.05) is 6.07 Å². The van der Waals surface area contributed by atoms with Crippen molar-refractivity contribution in [1.82, 2.24) is 5.32 Å². The van der Waals surface area contributed by atoms with Crippen molar-refractivity contribution in [3.63, 3.8) is 0 Å². The van der Waals surface area contributed by atoms with Crippen LogP contribution in [0.25, 0.3) is 0 Å². The molecule has 1 rings (SSSR count). The zero-order valence-corrected chi connectivity index (χ0v) is 10.5. The van der Waals surface area contributed by atoms with E-state index < -0.39 is 0 Å². The summed E-state index contributed by atoms with van der Waals surface area (Å²) in [6.07, 6.45) is 0.762. The SMILES string of the molecule is CNC(=O)Nc1cc(CN)ccc1OCCCN. The van der Waals surface area contributed by atoms with Crippen LogP contribution < -0.4 is 26.8 Å². The molecule has 6 heteroatoms. The molecule has 18 heavy (non-hydrogen) atoms. The lowest BCUT2D eigenvalue weighted by Crippen LogP contribution is -2.25. The monoisotopic (exact) mass is 252 g/mol. The van der Waals surface area contributed by atoms with Gasteiger partial charge in [0.05, 0.1) is 12.3 Å². The summed E-state index contributed by atoms with van der Waals surface area (Å²) in [4.78, 5) is 11.3. The van der Waals surface area contributed by atoms with Crippen LogP contribution in [0.2, 0.25) is 0 Å². The minimum atomic E-state index is -0.298. The van der Waals surface area contributed by atoms with Crippen molar-refractivity contribution in [3.05, 3.63) is 23.8 Å².